The smallest absolute Gasteiger partial charge is 0.337 e. The summed E-state index contributed by atoms with van der Waals surface area (Å²) in [5.41, 5.74) is 0.394. The second-order valence-electron chi connectivity index (χ2n) is 2.45. The Hall–Kier alpha value is -0.640. The number of alkyl halides is 2. The number of rotatable bonds is 1. The van der Waals surface area contributed by atoms with Crippen LogP contribution in [0.2, 0.25) is 0 Å². The van der Waals surface area contributed by atoms with Gasteiger partial charge in [0.15, 0.2) is 4.58 Å². The Labute approximate surface area is 78.2 Å². The minimum absolute atomic E-state index is 0.147. The van der Waals surface area contributed by atoms with Crippen LogP contribution in [-0.4, -0.2) is 17.7 Å². The molecule has 1 aliphatic rings. The fraction of sp³-hybridized carbons (Fsp3) is 0.375. The summed E-state index contributed by atoms with van der Waals surface area (Å²) >= 11 is 2.84. The molecule has 0 saturated carbocycles. The molecular formula is C8H8BrFO2. The number of methoxy groups -OCH3 is 1. The molecule has 1 unspecified atom stereocenters. The molecule has 0 radical (unpaired) electrons. The maximum absolute atomic E-state index is 13.0. The summed E-state index contributed by atoms with van der Waals surface area (Å²) in [6.07, 6.45) is 4.35. The Morgan fingerprint density at radius 1 is 1.83 bits per heavy atom. The van der Waals surface area contributed by atoms with Crippen LogP contribution in [0.4, 0.5) is 4.39 Å². The van der Waals surface area contributed by atoms with E-state index in [4.69, 9.17) is 0 Å². The summed E-state index contributed by atoms with van der Waals surface area (Å²) < 4.78 is 16.0. The first-order valence-corrected chi connectivity index (χ1v) is 4.20. The van der Waals surface area contributed by atoms with Gasteiger partial charge in [0.25, 0.3) is 0 Å². The molecule has 1 aliphatic carbocycles. The zero-order valence-corrected chi connectivity index (χ0v) is 8.10. The van der Waals surface area contributed by atoms with E-state index in [1.165, 1.54) is 25.3 Å². The lowest BCUT2D eigenvalue weighted by Crippen LogP contribution is -2.14. The number of hydrogen-bond donors (Lipinski definition) is 0. The van der Waals surface area contributed by atoms with Crippen molar-refractivity contribution in [2.45, 2.75) is 11.0 Å². The molecule has 0 aliphatic heterocycles. The molecule has 0 amide bonds. The third-order valence-electron chi connectivity index (χ3n) is 1.52. The molecule has 0 fully saturated rings. The van der Waals surface area contributed by atoms with Crippen LogP contribution in [0.5, 0.6) is 0 Å². The van der Waals surface area contributed by atoms with Crippen LogP contribution in [0.3, 0.4) is 0 Å². The highest BCUT2D eigenvalue weighted by Gasteiger charge is 2.24. The Morgan fingerprint density at radius 3 is 2.92 bits per heavy atom. The van der Waals surface area contributed by atoms with Gasteiger partial charge >= 0.3 is 5.97 Å². The Balaban J connectivity index is 2.71. The summed E-state index contributed by atoms with van der Waals surface area (Å²) in [4.78, 5) is 10.9. The fourth-order valence-corrected chi connectivity index (χ4v) is 1.16. The number of hydrogen-bond acceptors (Lipinski definition) is 2. The van der Waals surface area contributed by atoms with Crippen molar-refractivity contribution in [2.24, 2.45) is 0 Å². The first kappa shape index (κ1) is 9.45. The molecule has 0 spiro atoms. The molecule has 0 N–H and O–H groups in total. The molecule has 0 aromatic heterocycles. The van der Waals surface area contributed by atoms with E-state index in [0.717, 1.165) is 0 Å². The van der Waals surface area contributed by atoms with Crippen LogP contribution < -0.4 is 0 Å². The Kier molecular flexibility index (Phi) is 2.67. The molecular weight excluding hydrogens is 227 g/mol. The van der Waals surface area contributed by atoms with E-state index in [1.54, 1.807) is 0 Å². The average molecular weight is 235 g/mol. The molecule has 0 aromatic carbocycles. The van der Waals surface area contributed by atoms with Crippen molar-refractivity contribution >= 4 is 21.9 Å². The van der Waals surface area contributed by atoms with Gasteiger partial charge in [0.2, 0.25) is 0 Å². The summed E-state index contributed by atoms with van der Waals surface area (Å²) in [6.45, 7) is 0. The monoisotopic (exact) mass is 234 g/mol. The van der Waals surface area contributed by atoms with Gasteiger partial charge in [-0.05, 0) is 28.1 Å². The van der Waals surface area contributed by atoms with Crippen LogP contribution in [0.25, 0.3) is 0 Å². The normalized spacial score (nSPS) is 28.1. The summed E-state index contributed by atoms with van der Waals surface area (Å²) in [5.74, 6) is -0.436. The number of carbonyl (C=O) groups is 1. The number of carbonyl (C=O) groups excluding carboxylic acids is 1. The lowest BCUT2D eigenvalue weighted by molar-refractivity contribution is -0.135. The van der Waals surface area contributed by atoms with Gasteiger partial charge in [-0.15, -0.1) is 0 Å². The second-order valence-corrected chi connectivity index (χ2v) is 3.77. The third kappa shape index (κ3) is 2.17. The maximum Gasteiger partial charge on any atom is 0.337 e. The molecule has 1 rings (SSSR count). The number of allylic oxidation sites excluding steroid dienone is 2. The Morgan fingerprint density at radius 2 is 2.50 bits per heavy atom. The van der Waals surface area contributed by atoms with Crippen molar-refractivity contribution in [3.05, 3.63) is 23.8 Å². The standard InChI is InChI=1S/C8H8BrFO2/c1-12-7(11)6-2-4-8(9,10)5-3-6/h2-4H,5H2,1H3. The first-order valence-electron chi connectivity index (χ1n) is 3.41. The van der Waals surface area contributed by atoms with E-state index in [2.05, 4.69) is 20.7 Å². The molecule has 12 heavy (non-hydrogen) atoms. The quantitative estimate of drug-likeness (QED) is 0.514. The number of halogens is 2. The highest BCUT2D eigenvalue weighted by molar-refractivity contribution is 9.10. The third-order valence-corrected chi connectivity index (χ3v) is 2.11. The van der Waals surface area contributed by atoms with Crippen LogP contribution in [0.1, 0.15) is 6.42 Å². The average Bonchev–Trinajstić information content (AvgIpc) is 2.03. The summed E-state index contributed by atoms with van der Waals surface area (Å²) in [7, 11) is 1.29. The molecule has 66 valence electrons. The van der Waals surface area contributed by atoms with E-state index >= 15 is 0 Å². The number of esters is 1. The SMILES string of the molecule is COC(=O)C1=CCC(F)(Br)C=C1. The molecule has 2 nitrogen and oxygen atoms in total. The van der Waals surface area contributed by atoms with Gasteiger partial charge in [0.1, 0.15) is 0 Å². The van der Waals surface area contributed by atoms with Crippen molar-refractivity contribution in [1.82, 2.24) is 0 Å². The minimum atomic E-state index is -1.51. The predicted molar refractivity (Wildman–Crippen MR) is 46.6 cm³/mol. The fourth-order valence-electron chi connectivity index (χ4n) is 0.863. The molecule has 0 bridgehead atoms. The highest BCUT2D eigenvalue weighted by atomic mass is 79.9. The van der Waals surface area contributed by atoms with Gasteiger partial charge < -0.3 is 4.74 Å². The van der Waals surface area contributed by atoms with Crippen LogP contribution in [0, 0.1) is 0 Å². The molecule has 4 heteroatoms. The topological polar surface area (TPSA) is 26.3 Å². The highest BCUT2D eigenvalue weighted by Crippen LogP contribution is 2.31. The van der Waals surface area contributed by atoms with Crippen molar-refractivity contribution in [1.29, 1.82) is 0 Å². The van der Waals surface area contributed by atoms with E-state index in [9.17, 15) is 9.18 Å². The van der Waals surface area contributed by atoms with Gasteiger partial charge in [0.05, 0.1) is 12.7 Å². The largest absolute Gasteiger partial charge is 0.465 e. The van der Waals surface area contributed by atoms with E-state index in [1.807, 2.05) is 0 Å². The van der Waals surface area contributed by atoms with E-state index in [0.29, 0.717) is 5.57 Å². The minimum Gasteiger partial charge on any atom is -0.465 e. The maximum atomic E-state index is 13.0. The van der Waals surface area contributed by atoms with E-state index in [-0.39, 0.29) is 6.42 Å². The van der Waals surface area contributed by atoms with Crippen LogP contribution in [-0.2, 0) is 9.53 Å². The summed E-state index contributed by atoms with van der Waals surface area (Å²) in [5, 5.41) is 0. The van der Waals surface area contributed by atoms with Gasteiger partial charge in [-0.25, -0.2) is 9.18 Å². The number of ether oxygens (including phenoxy) is 1. The molecule has 1 atom stereocenters. The van der Waals surface area contributed by atoms with Gasteiger partial charge in [0, 0.05) is 6.42 Å². The van der Waals surface area contributed by atoms with Gasteiger partial charge in [-0.1, -0.05) is 6.08 Å². The van der Waals surface area contributed by atoms with Crippen molar-refractivity contribution < 1.29 is 13.9 Å². The van der Waals surface area contributed by atoms with Crippen molar-refractivity contribution in [2.75, 3.05) is 7.11 Å². The van der Waals surface area contributed by atoms with E-state index < -0.39 is 10.5 Å². The lowest BCUT2D eigenvalue weighted by atomic mass is 10.1. The molecule has 0 heterocycles. The van der Waals surface area contributed by atoms with Crippen LogP contribution in [0.15, 0.2) is 23.8 Å². The Bertz CT molecular complexity index is 256. The lowest BCUT2D eigenvalue weighted by Gasteiger charge is -2.15. The zero-order chi connectivity index (χ0) is 9.19. The molecule has 0 saturated heterocycles. The summed E-state index contributed by atoms with van der Waals surface area (Å²) in [6, 6.07) is 0. The first-order chi connectivity index (χ1) is 5.55. The van der Waals surface area contributed by atoms with Gasteiger partial charge in [-0.3, -0.25) is 0 Å². The van der Waals surface area contributed by atoms with Crippen LogP contribution >= 0.6 is 15.9 Å². The molecule has 0 aromatic rings. The van der Waals surface area contributed by atoms with Crippen molar-refractivity contribution in [3.8, 4) is 0 Å². The van der Waals surface area contributed by atoms with Crippen molar-refractivity contribution in [3.63, 3.8) is 0 Å². The predicted octanol–water partition coefficient (Wildman–Crippen LogP) is 2.11. The van der Waals surface area contributed by atoms with Gasteiger partial charge in [-0.2, -0.15) is 0 Å². The zero-order valence-electron chi connectivity index (χ0n) is 6.51. The second kappa shape index (κ2) is 3.39.